The number of anilines is 1. The lowest BCUT2D eigenvalue weighted by Gasteiger charge is -2.14. The highest BCUT2D eigenvalue weighted by atomic mass is 79.9. The first-order valence-corrected chi connectivity index (χ1v) is 8.06. The Balaban J connectivity index is 1.92. The Hall–Kier alpha value is -1.86. The van der Waals surface area contributed by atoms with Crippen LogP contribution in [0.5, 0.6) is 0 Å². The van der Waals surface area contributed by atoms with Gasteiger partial charge in [-0.1, -0.05) is 34.1 Å². The second-order valence-electron chi connectivity index (χ2n) is 5.56. The standard InChI is InChI=1S/C17H16BrF3N2O/c1-23(10-12-5-7-14(18)8-6-12)11-16(24)22-15-4-2-3-13(9-15)17(19,20)21/h2-9H,10-11H2,1H3,(H,22,24)/p+1. The molecule has 2 aromatic carbocycles. The van der Waals surface area contributed by atoms with E-state index in [1.807, 2.05) is 31.3 Å². The van der Waals surface area contributed by atoms with Gasteiger partial charge in [-0.3, -0.25) is 4.79 Å². The first-order valence-electron chi connectivity index (χ1n) is 7.27. The molecule has 0 bridgehead atoms. The van der Waals surface area contributed by atoms with Crippen molar-refractivity contribution < 1.29 is 22.9 Å². The smallest absolute Gasteiger partial charge is 0.326 e. The molecule has 0 aliphatic carbocycles. The maximum Gasteiger partial charge on any atom is 0.416 e. The molecular weight excluding hydrogens is 385 g/mol. The Morgan fingerprint density at radius 1 is 1.17 bits per heavy atom. The fraction of sp³-hybridized carbons (Fsp3) is 0.235. The van der Waals surface area contributed by atoms with E-state index in [2.05, 4.69) is 21.2 Å². The number of hydrogen-bond acceptors (Lipinski definition) is 1. The Bertz CT molecular complexity index is 702. The van der Waals surface area contributed by atoms with Gasteiger partial charge in [0.05, 0.1) is 12.6 Å². The summed E-state index contributed by atoms with van der Waals surface area (Å²) in [5, 5.41) is 2.51. The maximum atomic E-state index is 12.7. The molecule has 1 atom stereocenters. The molecule has 7 heteroatoms. The highest BCUT2D eigenvalue weighted by Gasteiger charge is 2.30. The third-order valence-electron chi connectivity index (χ3n) is 3.36. The van der Waals surface area contributed by atoms with Crippen molar-refractivity contribution in [2.24, 2.45) is 0 Å². The summed E-state index contributed by atoms with van der Waals surface area (Å²) in [5.41, 5.74) is 0.435. The van der Waals surface area contributed by atoms with E-state index in [-0.39, 0.29) is 18.1 Å². The molecule has 0 heterocycles. The minimum atomic E-state index is -4.43. The SMILES string of the molecule is C[NH+](CC(=O)Nc1cccc(C(F)(F)F)c1)Cc1ccc(Br)cc1. The quantitative estimate of drug-likeness (QED) is 0.792. The summed E-state index contributed by atoms with van der Waals surface area (Å²) in [6.45, 7) is 0.801. The molecule has 1 amide bonds. The van der Waals surface area contributed by atoms with Gasteiger partial charge in [-0.2, -0.15) is 13.2 Å². The molecule has 0 saturated carbocycles. The largest absolute Gasteiger partial charge is 0.416 e. The van der Waals surface area contributed by atoms with Crippen LogP contribution in [0.25, 0.3) is 0 Å². The zero-order chi connectivity index (χ0) is 17.7. The molecule has 2 rings (SSSR count). The molecule has 0 fully saturated rings. The minimum absolute atomic E-state index is 0.145. The molecule has 0 aromatic heterocycles. The van der Waals surface area contributed by atoms with Crippen molar-refractivity contribution in [2.75, 3.05) is 18.9 Å². The highest BCUT2D eigenvalue weighted by molar-refractivity contribution is 9.10. The number of quaternary nitrogens is 1. The van der Waals surface area contributed by atoms with Crippen molar-refractivity contribution in [3.63, 3.8) is 0 Å². The normalized spacial score (nSPS) is 12.7. The zero-order valence-corrected chi connectivity index (χ0v) is 14.5. The van der Waals surface area contributed by atoms with Gasteiger partial charge in [-0.25, -0.2) is 0 Å². The van der Waals surface area contributed by atoms with Crippen LogP contribution in [0.1, 0.15) is 11.1 Å². The molecular formula is C17H17BrF3N2O+. The van der Waals surface area contributed by atoms with Crippen LogP contribution in [-0.2, 0) is 17.5 Å². The van der Waals surface area contributed by atoms with Crippen LogP contribution in [0.2, 0.25) is 0 Å². The van der Waals surface area contributed by atoms with Crippen LogP contribution < -0.4 is 10.2 Å². The molecule has 0 spiro atoms. The van der Waals surface area contributed by atoms with Gasteiger partial charge in [0.2, 0.25) is 0 Å². The minimum Gasteiger partial charge on any atom is -0.326 e. The third kappa shape index (κ3) is 5.65. The Kier molecular flexibility index (Phi) is 6.01. The molecule has 2 N–H and O–H groups in total. The lowest BCUT2D eigenvalue weighted by atomic mass is 10.2. The number of likely N-dealkylation sites (N-methyl/N-ethyl adjacent to an activating group) is 1. The van der Waals surface area contributed by atoms with E-state index in [1.54, 1.807) is 0 Å². The summed E-state index contributed by atoms with van der Waals surface area (Å²) in [7, 11) is 1.85. The van der Waals surface area contributed by atoms with Crippen LogP contribution in [-0.4, -0.2) is 19.5 Å². The molecule has 1 unspecified atom stereocenters. The predicted octanol–water partition coefficient (Wildman–Crippen LogP) is 3.12. The average molecular weight is 402 g/mol. The van der Waals surface area contributed by atoms with Gasteiger partial charge < -0.3 is 10.2 Å². The van der Waals surface area contributed by atoms with Crippen molar-refractivity contribution in [3.05, 3.63) is 64.1 Å². The zero-order valence-electron chi connectivity index (χ0n) is 13.0. The number of halogens is 4. The van der Waals surface area contributed by atoms with Gasteiger partial charge in [-0.05, 0) is 30.3 Å². The highest BCUT2D eigenvalue weighted by Crippen LogP contribution is 2.30. The lowest BCUT2D eigenvalue weighted by molar-refractivity contribution is -0.885. The molecule has 0 aliphatic rings. The second-order valence-corrected chi connectivity index (χ2v) is 6.48. The van der Waals surface area contributed by atoms with Crippen molar-refractivity contribution in [1.29, 1.82) is 0 Å². The average Bonchev–Trinajstić information content (AvgIpc) is 2.49. The van der Waals surface area contributed by atoms with E-state index in [0.29, 0.717) is 6.54 Å². The van der Waals surface area contributed by atoms with Gasteiger partial charge >= 0.3 is 6.18 Å². The Labute approximate surface area is 146 Å². The number of alkyl halides is 3. The summed E-state index contributed by atoms with van der Waals surface area (Å²) in [5.74, 6) is -0.330. The topological polar surface area (TPSA) is 33.5 Å². The van der Waals surface area contributed by atoms with Crippen molar-refractivity contribution >= 4 is 27.5 Å². The number of nitrogens with one attached hydrogen (secondary N) is 2. The van der Waals surface area contributed by atoms with Crippen LogP contribution in [0.4, 0.5) is 18.9 Å². The van der Waals surface area contributed by atoms with Gasteiger partial charge in [0.25, 0.3) is 5.91 Å². The Morgan fingerprint density at radius 2 is 1.83 bits per heavy atom. The van der Waals surface area contributed by atoms with Crippen molar-refractivity contribution in [2.45, 2.75) is 12.7 Å². The fourth-order valence-corrected chi connectivity index (χ4v) is 2.53. The number of rotatable bonds is 5. The van der Waals surface area contributed by atoms with Crippen LogP contribution in [0.15, 0.2) is 53.0 Å². The van der Waals surface area contributed by atoms with Gasteiger partial charge in [0.15, 0.2) is 6.54 Å². The monoisotopic (exact) mass is 401 g/mol. The number of carbonyl (C=O) groups excluding carboxylic acids is 1. The van der Waals surface area contributed by atoms with Gasteiger partial charge in [0.1, 0.15) is 6.54 Å². The molecule has 0 saturated heterocycles. The van der Waals surface area contributed by atoms with E-state index in [0.717, 1.165) is 27.1 Å². The van der Waals surface area contributed by atoms with E-state index in [9.17, 15) is 18.0 Å². The summed E-state index contributed by atoms with van der Waals surface area (Å²) < 4.78 is 39.0. The molecule has 2 aromatic rings. The number of hydrogen-bond donors (Lipinski definition) is 2. The summed E-state index contributed by atoms with van der Waals surface area (Å²) in [4.78, 5) is 12.9. The summed E-state index contributed by atoms with van der Waals surface area (Å²) in [6, 6.07) is 12.4. The Morgan fingerprint density at radius 3 is 2.46 bits per heavy atom. The molecule has 3 nitrogen and oxygen atoms in total. The van der Waals surface area contributed by atoms with Gasteiger partial charge in [0, 0.05) is 15.7 Å². The fourth-order valence-electron chi connectivity index (χ4n) is 2.27. The van der Waals surface area contributed by atoms with Crippen LogP contribution >= 0.6 is 15.9 Å². The summed E-state index contributed by atoms with van der Waals surface area (Å²) in [6.07, 6.45) is -4.43. The van der Waals surface area contributed by atoms with Crippen molar-refractivity contribution in [1.82, 2.24) is 0 Å². The van der Waals surface area contributed by atoms with Gasteiger partial charge in [-0.15, -0.1) is 0 Å². The van der Waals surface area contributed by atoms with Crippen LogP contribution in [0, 0.1) is 0 Å². The second kappa shape index (κ2) is 7.81. The first kappa shape index (κ1) is 18.5. The number of carbonyl (C=O) groups is 1. The predicted molar refractivity (Wildman–Crippen MR) is 89.7 cm³/mol. The van der Waals surface area contributed by atoms with Crippen LogP contribution in [0.3, 0.4) is 0 Å². The maximum absolute atomic E-state index is 12.7. The summed E-state index contributed by atoms with van der Waals surface area (Å²) >= 11 is 3.36. The van der Waals surface area contributed by atoms with E-state index in [4.69, 9.17) is 0 Å². The molecule has 0 aliphatic heterocycles. The first-order chi connectivity index (χ1) is 11.2. The van der Waals surface area contributed by atoms with E-state index in [1.165, 1.54) is 12.1 Å². The third-order valence-corrected chi connectivity index (χ3v) is 3.88. The van der Waals surface area contributed by atoms with E-state index < -0.39 is 11.7 Å². The molecule has 128 valence electrons. The molecule has 0 radical (unpaired) electrons. The van der Waals surface area contributed by atoms with Crippen molar-refractivity contribution in [3.8, 4) is 0 Å². The van der Waals surface area contributed by atoms with E-state index >= 15 is 0 Å². The number of benzene rings is 2. The lowest BCUT2D eigenvalue weighted by Crippen LogP contribution is -3.08. The number of amides is 1. The molecule has 24 heavy (non-hydrogen) atoms.